The molecular weight excluding hydrogens is 332 g/mol. The molecule has 0 radical (unpaired) electrons. The SMILES string of the molecule is CC(CCN)N(C)Cc1ccc2c(c1)CN(C1CCC(=O)NC1=O)C2=O. The fourth-order valence-electron chi connectivity index (χ4n) is 3.63. The van der Waals surface area contributed by atoms with Crippen LogP contribution in [0.1, 0.15) is 47.7 Å². The first-order valence-corrected chi connectivity index (χ1v) is 9.07. The standard InChI is InChI=1S/C19H26N4O3/c1-12(7-8-20)22(2)10-13-3-4-15-14(9-13)11-23(19(15)26)16-5-6-17(24)21-18(16)25/h3-4,9,12,16H,5-8,10-11,20H2,1-2H3,(H,21,24,25). The van der Waals surface area contributed by atoms with Crippen LogP contribution in [0.15, 0.2) is 18.2 Å². The van der Waals surface area contributed by atoms with E-state index in [1.807, 2.05) is 18.2 Å². The van der Waals surface area contributed by atoms with Crippen LogP contribution in [0, 0.1) is 0 Å². The predicted octanol–water partition coefficient (Wildman–Crippen LogP) is 0.617. The van der Waals surface area contributed by atoms with Crippen LogP contribution in [0.2, 0.25) is 0 Å². The number of fused-ring (bicyclic) bond motifs is 1. The number of rotatable bonds is 6. The number of piperidine rings is 1. The largest absolute Gasteiger partial charge is 0.330 e. The Morgan fingerprint density at radius 2 is 2.12 bits per heavy atom. The van der Waals surface area contributed by atoms with Crippen molar-refractivity contribution in [2.24, 2.45) is 5.73 Å². The maximum absolute atomic E-state index is 12.7. The van der Waals surface area contributed by atoms with Gasteiger partial charge in [0.2, 0.25) is 11.8 Å². The third kappa shape index (κ3) is 3.64. The molecule has 0 aromatic heterocycles. The van der Waals surface area contributed by atoms with Crippen molar-refractivity contribution in [1.29, 1.82) is 0 Å². The van der Waals surface area contributed by atoms with Crippen LogP contribution in [-0.4, -0.2) is 53.2 Å². The van der Waals surface area contributed by atoms with E-state index in [0.29, 0.717) is 31.1 Å². The van der Waals surface area contributed by atoms with Crippen molar-refractivity contribution in [2.45, 2.75) is 51.4 Å². The molecule has 7 nitrogen and oxygen atoms in total. The Hall–Kier alpha value is -2.25. The molecule has 2 heterocycles. The van der Waals surface area contributed by atoms with Crippen LogP contribution in [-0.2, 0) is 22.7 Å². The second kappa shape index (κ2) is 7.55. The second-order valence-corrected chi connectivity index (χ2v) is 7.23. The van der Waals surface area contributed by atoms with Gasteiger partial charge in [-0.15, -0.1) is 0 Å². The molecule has 1 aromatic carbocycles. The molecule has 2 aliphatic rings. The summed E-state index contributed by atoms with van der Waals surface area (Å²) in [6.45, 7) is 4.00. The first kappa shape index (κ1) is 18.5. The summed E-state index contributed by atoms with van der Waals surface area (Å²) >= 11 is 0. The Balaban J connectivity index is 1.72. The zero-order valence-corrected chi connectivity index (χ0v) is 15.3. The van der Waals surface area contributed by atoms with Gasteiger partial charge in [-0.1, -0.05) is 12.1 Å². The summed E-state index contributed by atoms with van der Waals surface area (Å²) < 4.78 is 0. The minimum Gasteiger partial charge on any atom is -0.330 e. The number of nitrogens with two attached hydrogens (primary N) is 1. The molecule has 1 fully saturated rings. The fraction of sp³-hybridized carbons (Fsp3) is 0.526. The van der Waals surface area contributed by atoms with Gasteiger partial charge in [-0.25, -0.2) is 0 Å². The highest BCUT2D eigenvalue weighted by Crippen LogP contribution is 2.28. The Kier molecular flexibility index (Phi) is 5.38. The van der Waals surface area contributed by atoms with Gasteiger partial charge in [0.15, 0.2) is 0 Å². The fourth-order valence-corrected chi connectivity index (χ4v) is 3.63. The number of carbonyl (C=O) groups is 3. The average Bonchev–Trinajstić information content (AvgIpc) is 2.91. The third-order valence-corrected chi connectivity index (χ3v) is 5.36. The van der Waals surface area contributed by atoms with Gasteiger partial charge in [0.05, 0.1) is 0 Å². The molecule has 2 aliphatic heterocycles. The van der Waals surface area contributed by atoms with Crippen molar-refractivity contribution in [3.8, 4) is 0 Å². The molecule has 0 saturated carbocycles. The molecule has 2 unspecified atom stereocenters. The minimum absolute atomic E-state index is 0.133. The summed E-state index contributed by atoms with van der Waals surface area (Å²) in [5, 5.41) is 2.33. The molecule has 3 rings (SSSR count). The first-order valence-electron chi connectivity index (χ1n) is 9.07. The number of hydrogen-bond donors (Lipinski definition) is 2. The average molecular weight is 358 g/mol. The summed E-state index contributed by atoms with van der Waals surface area (Å²) in [6.07, 6.45) is 1.59. The lowest BCUT2D eigenvalue weighted by molar-refractivity contribution is -0.136. The lowest BCUT2D eigenvalue weighted by atomic mass is 10.0. The molecule has 0 bridgehead atoms. The summed E-state index contributed by atoms with van der Waals surface area (Å²) in [4.78, 5) is 39.9. The van der Waals surface area contributed by atoms with E-state index >= 15 is 0 Å². The smallest absolute Gasteiger partial charge is 0.255 e. The number of benzene rings is 1. The Labute approximate surface area is 153 Å². The molecule has 1 saturated heterocycles. The van der Waals surface area contributed by atoms with Gasteiger partial charge >= 0.3 is 0 Å². The summed E-state index contributed by atoms with van der Waals surface area (Å²) in [7, 11) is 2.06. The van der Waals surface area contributed by atoms with E-state index in [-0.39, 0.29) is 24.1 Å². The molecule has 2 atom stereocenters. The van der Waals surface area contributed by atoms with Gasteiger partial charge < -0.3 is 10.6 Å². The molecule has 1 aromatic rings. The Morgan fingerprint density at radius 3 is 2.81 bits per heavy atom. The summed E-state index contributed by atoms with van der Waals surface area (Å²) in [5.74, 6) is -0.781. The molecule has 3 amide bonds. The number of imide groups is 1. The van der Waals surface area contributed by atoms with Crippen molar-refractivity contribution in [1.82, 2.24) is 15.1 Å². The van der Waals surface area contributed by atoms with Crippen LogP contribution < -0.4 is 11.1 Å². The van der Waals surface area contributed by atoms with E-state index in [4.69, 9.17) is 5.73 Å². The highest BCUT2D eigenvalue weighted by Gasteiger charge is 2.39. The van der Waals surface area contributed by atoms with Crippen molar-refractivity contribution >= 4 is 17.7 Å². The lowest BCUT2D eigenvalue weighted by Crippen LogP contribution is -2.52. The predicted molar refractivity (Wildman–Crippen MR) is 97.1 cm³/mol. The topological polar surface area (TPSA) is 95.7 Å². The number of amides is 3. The monoisotopic (exact) mass is 358 g/mol. The molecule has 3 N–H and O–H groups in total. The van der Waals surface area contributed by atoms with E-state index < -0.39 is 6.04 Å². The Bertz CT molecular complexity index is 733. The van der Waals surface area contributed by atoms with E-state index in [0.717, 1.165) is 24.1 Å². The van der Waals surface area contributed by atoms with Gasteiger partial charge in [0.1, 0.15) is 6.04 Å². The second-order valence-electron chi connectivity index (χ2n) is 7.23. The molecule has 7 heteroatoms. The highest BCUT2D eigenvalue weighted by molar-refractivity contribution is 6.05. The van der Waals surface area contributed by atoms with Crippen LogP contribution in [0.25, 0.3) is 0 Å². The third-order valence-electron chi connectivity index (χ3n) is 5.36. The zero-order chi connectivity index (χ0) is 18.8. The van der Waals surface area contributed by atoms with E-state index in [2.05, 4.69) is 24.2 Å². The molecule has 26 heavy (non-hydrogen) atoms. The van der Waals surface area contributed by atoms with Crippen LogP contribution in [0.4, 0.5) is 0 Å². The van der Waals surface area contributed by atoms with Crippen molar-refractivity contribution in [3.63, 3.8) is 0 Å². The number of carbonyl (C=O) groups excluding carboxylic acids is 3. The lowest BCUT2D eigenvalue weighted by Gasteiger charge is -2.29. The van der Waals surface area contributed by atoms with Crippen molar-refractivity contribution in [3.05, 3.63) is 34.9 Å². The first-order chi connectivity index (χ1) is 12.4. The van der Waals surface area contributed by atoms with Gasteiger partial charge in [-0.05, 0) is 50.6 Å². The number of hydrogen-bond acceptors (Lipinski definition) is 5. The highest BCUT2D eigenvalue weighted by atomic mass is 16.2. The van der Waals surface area contributed by atoms with Gasteiger partial charge in [-0.2, -0.15) is 0 Å². The van der Waals surface area contributed by atoms with Crippen molar-refractivity contribution < 1.29 is 14.4 Å². The molecule has 0 aliphatic carbocycles. The zero-order valence-electron chi connectivity index (χ0n) is 15.3. The molecule has 140 valence electrons. The summed E-state index contributed by atoms with van der Waals surface area (Å²) in [5.41, 5.74) is 8.36. The number of nitrogens with one attached hydrogen (secondary N) is 1. The molecule has 0 spiro atoms. The quantitative estimate of drug-likeness (QED) is 0.727. The van der Waals surface area contributed by atoms with Crippen LogP contribution in [0.3, 0.4) is 0 Å². The van der Waals surface area contributed by atoms with Gasteiger partial charge in [0, 0.05) is 31.1 Å². The van der Waals surface area contributed by atoms with Crippen molar-refractivity contribution in [2.75, 3.05) is 13.6 Å². The maximum Gasteiger partial charge on any atom is 0.255 e. The normalized spacial score (nSPS) is 21.2. The maximum atomic E-state index is 12.7. The van der Waals surface area contributed by atoms with Crippen LogP contribution in [0.5, 0.6) is 0 Å². The van der Waals surface area contributed by atoms with Crippen LogP contribution >= 0.6 is 0 Å². The van der Waals surface area contributed by atoms with Gasteiger partial charge in [0.25, 0.3) is 5.91 Å². The number of nitrogens with zero attached hydrogens (tertiary/aromatic N) is 2. The van der Waals surface area contributed by atoms with Gasteiger partial charge in [-0.3, -0.25) is 24.6 Å². The summed E-state index contributed by atoms with van der Waals surface area (Å²) in [6, 6.07) is 5.68. The van der Waals surface area contributed by atoms with E-state index in [1.165, 1.54) is 0 Å². The minimum atomic E-state index is -0.566. The molecular formula is C19H26N4O3. The Morgan fingerprint density at radius 1 is 1.35 bits per heavy atom. The van der Waals surface area contributed by atoms with E-state index in [9.17, 15) is 14.4 Å². The van der Waals surface area contributed by atoms with E-state index in [1.54, 1.807) is 4.90 Å².